The van der Waals surface area contributed by atoms with Gasteiger partial charge in [0.25, 0.3) is 0 Å². The number of aromatic carboxylic acids is 1. The van der Waals surface area contributed by atoms with Crippen LogP contribution in [0.4, 0.5) is 0 Å². The zero-order valence-corrected chi connectivity index (χ0v) is 9.84. The molecule has 0 spiro atoms. The van der Waals surface area contributed by atoms with E-state index in [9.17, 15) is 4.79 Å². The molecular formula is C11H12N2O2S. The van der Waals surface area contributed by atoms with Gasteiger partial charge in [0.05, 0.1) is 10.7 Å². The molecule has 84 valence electrons. The lowest BCUT2D eigenvalue weighted by molar-refractivity contribution is 0.0702. The van der Waals surface area contributed by atoms with Crippen molar-refractivity contribution < 1.29 is 9.90 Å². The van der Waals surface area contributed by atoms with Crippen LogP contribution in [0.5, 0.6) is 0 Å². The van der Waals surface area contributed by atoms with E-state index >= 15 is 0 Å². The maximum absolute atomic E-state index is 11.1. The Morgan fingerprint density at radius 3 is 2.81 bits per heavy atom. The van der Waals surface area contributed by atoms with Gasteiger partial charge in [0.1, 0.15) is 4.88 Å². The number of carbonyl (C=O) groups is 1. The van der Waals surface area contributed by atoms with Crippen molar-refractivity contribution in [3.63, 3.8) is 0 Å². The van der Waals surface area contributed by atoms with Crippen LogP contribution in [0.1, 0.15) is 34.4 Å². The van der Waals surface area contributed by atoms with Gasteiger partial charge in [0, 0.05) is 23.9 Å². The summed E-state index contributed by atoms with van der Waals surface area (Å²) < 4.78 is 0. The number of hydrogen-bond acceptors (Lipinski definition) is 3. The van der Waals surface area contributed by atoms with Crippen molar-refractivity contribution in [3.05, 3.63) is 28.3 Å². The standard InChI is InChI=1S/C11H12N2O2S/c1-6(2)10-13-8(7-3-4-12-5-7)9(16-10)11(14)15/h3-6,12H,1-2H3,(H,14,15). The molecule has 0 unspecified atom stereocenters. The summed E-state index contributed by atoms with van der Waals surface area (Å²) in [6, 6.07) is 1.82. The Balaban J connectivity index is 2.55. The fraction of sp³-hybridized carbons (Fsp3) is 0.273. The largest absolute Gasteiger partial charge is 0.477 e. The van der Waals surface area contributed by atoms with E-state index in [-0.39, 0.29) is 5.92 Å². The van der Waals surface area contributed by atoms with Crippen molar-refractivity contribution in [3.8, 4) is 11.3 Å². The summed E-state index contributed by atoms with van der Waals surface area (Å²) in [5.74, 6) is -0.670. The van der Waals surface area contributed by atoms with Gasteiger partial charge in [0.15, 0.2) is 0 Å². The maximum Gasteiger partial charge on any atom is 0.348 e. The molecule has 0 amide bonds. The van der Waals surface area contributed by atoms with Crippen LogP contribution in [0.2, 0.25) is 0 Å². The van der Waals surface area contributed by atoms with Crippen LogP contribution >= 0.6 is 11.3 Å². The van der Waals surface area contributed by atoms with E-state index < -0.39 is 5.97 Å². The van der Waals surface area contributed by atoms with Crippen molar-refractivity contribution >= 4 is 17.3 Å². The molecule has 0 atom stereocenters. The predicted molar refractivity (Wildman–Crippen MR) is 62.9 cm³/mol. The van der Waals surface area contributed by atoms with Gasteiger partial charge in [-0.05, 0) is 6.07 Å². The molecule has 0 aliphatic rings. The van der Waals surface area contributed by atoms with Gasteiger partial charge in [-0.25, -0.2) is 9.78 Å². The molecule has 0 aromatic carbocycles. The Hall–Kier alpha value is -1.62. The van der Waals surface area contributed by atoms with Gasteiger partial charge in [-0.1, -0.05) is 13.8 Å². The van der Waals surface area contributed by atoms with Crippen LogP contribution in [-0.2, 0) is 0 Å². The Morgan fingerprint density at radius 2 is 2.31 bits per heavy atom. The zero-order chi connectivity index (χ0) is 11.7. The fourth-order valence-corrected chi connectivity index (χ4v) is 2.32. The van der Waals surface area contributed by atoms with E-state index in [1.54, 1.807) is 12.4 Å². The van der Waals surface area contributed by atoms with E-state index in [0.29, 0.717) is 10.6 Å². The molecule has 0 aliphatic carbocycles. The van der Waals surface area contributed by atoms with E-state index in [0.717, 1.165) is 10.6 Å². The predicted octanol–water partition coefficient (Wildman–Crippen LogP) is 2.96. The minimum Gasteiger partial charge on any atom is -0.477 e. The number of nitrogens with one attached hydrogen (secondary N) is 1. The third-order valence-electron chi connectivity index (χ3n) is 2.20. The highest BCUT2D eigenvalue weighted by Gasteiger charge is 2.20. The van der Waals surface area contributed by atoms with Gasteiger partial charge < -0.3 is 10.1 Å². The molecule has 2 aromatic rings. The molecule has 2 N–H and O–H groups in total. The molecule has 16 heavy (non-hydrogen) atoms. The van der Waals surface area contributed by atoms with Crippen molar-refractivity contribution in [1.29, 1.82) is 0 Å². The molecule has 0 saturated carbocycles. The molecule has 0 aliphatic heterocycles. The van der Waals surface area contributed by atoms with Crippen LogP contribution in [0.3, 0.4) is 0 Å². The van der Waals surface area contributed by atoms with Gasteiger partial charge in [-0.3, -0.25) is 0 Å². The number of H-pyrrole nitrogens is 1. The second-order valence-corrected chi connectivity index (χ2v) is 4.82. The first kappa shape index (κ1) is 10.9. The van der Waals surface area contributed by atoms with Gasteiger partial charge in [-0.15, -0.1) is 11.3 Å². The van der Waals surface area contributed by atoms with Gasteiger partial charge in [0.2, 0.25) is 0 Å². The summed E-state index contributed by atoms with van der Waals surface area (Å²) in [6.07, 6.45) is 3.51. The smallest absolute Gasteiger partial charge is 0.348 e. The highest BCUT2D eigenvalue weighted by Crippen LogP contribution is 2.31. The molecular weight excluding hydrogens is 224 g/mol. The fourth-order valence-electron chi connectivity index (χ4n) is 1.40. The average Bonchev–Trinajstić information content (AvgIpc) is 2.86. The van der Waals surface area contributed by atoms with Crippen LogP contribution in [-0.4, -0.2) is 21.0 Å². The number of thiazole rings is 1. The molecule has 0 saturated heterocycles. The topological polar surface area (TPSA) is 66.0 Å². The van der Waals surface area contributed by atoms with Crippen molar-refractivity contribution in [2.75, 3.05) is 0 Å². The number of aromatic amines is 1. The molecule has 2 aromatic heterocycles. The maximum atomic E-state index is 11.1. The van der Waals surface area contributed by atoms with E-state index in [4.69, 9.17) is 5.11 Å². The van der Waals surface area contributed by atoms with E-state index in [1.807, 2.05) is 19.9 Å². The molecule has 2 heterocycles. The summed E-state index contributed by atoms with van der Waals surface area (Å²) >= 11 is 1.25. The number of carboxylic acid groups (broad SMARTS) is 1. The first-order chi connectivity index (χ1) is 7.59. The Kier molecular flexibility index (Phi) is 2.78. The molecule has 0 bridgehead atoms. The summed E-state index contributed by atoms with van der Waals surface area (Å²) in [5, 5.41) is 9.97. The van der Waals surface area contributed by atoms with Crippen molar-refractivity contribution in [2.45, 2.75) is 19.8 Å². The molecule has 2 rings (SSSR count). The lowest BCUT2D eigenvalue weighted by Crippen LogP contribution is -1.94. The number of hydrogen-bond donors (Lipinski definition) is 2. The highest BCUT2D eigenvalue weighted by molar-refractivity contribution is 7.14. The number of aromatic nitrogens is 2. The van der Waals surface area contributed by atoms with Crippen molar-refractivity contribution in [1.82, 2.24) is 9.97 Å². The SMILES string of the molecule is CC(C)c1nc(-c2cc[nH]c2)c(C(=O)O)s1. The summed E-state index contributed by atoms with van der Waals surface area (Å²) in [4.78, 5) is 18.7. The van der Waals surface area contributed by atoms with Crippen LogP contribution in [0.25, 0.3) is 11.3 Å². The monoisotopic (exact) mass is 236 g/mol. The minimum absolute atomic E-state index is 0.246. The second-order valence-electron chi connectivity index (χ2n) is 3.79. The minimum atomic E-state index is -0.916. The molecule has 0 fully saturated rings. The summed E-state index contributed by atoms with van der Waals surface area (Å²) in [7, 11) is 0. The van der Waals surface area contributed by atoms with E-state index in [2.05, 4.69) is 9.97 Å². The van der Waals surface area contributed by atoms with Gasteiger partial charge >= 0.3 is 5.97 Å². The number of nitrogens with zero attached hydrogens (tertiary/aromatic N) is 1. The third-order valence-corrected chi connectivity index (χ3v) is 3.55. The van der Waals surface area contributed by atoms with Crippen molar-refractivity contribution in [2.24, 2.45) is 0 Å². The van der Waals surface area contributed by atoms with E-state index in [1.165, 1.54) is 11.3 Å². The first-order valence-electron chi connectivity index (χ1n) is 4.96. The summed E-state index contributed by atoms with van der Waals surface area (Å²) in [5.41, 5.74) is 1.38. The lowest BCUT2D eigenvalue weighted by atomic mass is 10.2. The van der Waals surface area contributed by atoms with Crippen LogP contribution in [0.15, 0.2) is 18.5 Å². The quantitative estimate of drug-likeness (QED) is 0.861. The zero-order valence-electron chi connectivity index (χ0n) is 9.02. The first-order valence-corrected chi connectivity index (χ1v) is 5.78. The average molecular weight is 236 g/mol. The number of rotatable bonds is 3. The Labute approximate surface area is 97.0 Å². The summed E-state index contributed by atoms with van der Waals surface area (Å²) in [6.45, 7) is 4.01. The molecule has 0 radical (unpaired) electrons. The lowest BCUT2D eigenvalue weighted by Gasteiger charge is -1.95. The van der Waals surface area contributed by atoms with Crippen LogP contribution in [0, 0.1) is 0 Å². The second kappa shape index (κ2) is 4.09. The van der Waals surface area contributed by atoms with Gasteiger partial charge in [-0.2, -0.15) is 0 Å². The van der Waals surface area contributed by atoms with Crippen LogP contribution < -0.4 is 0 Å². The normalized spacial score (nSPS) is 10.9. The highest BCUT2D eigenvalue weighted by atomic mass is 32.1. The molecule has 4 nitrogen and oxygen atoms in total. The third kappa shape index (κ3) is 1.86. The Bertz CT molecular complexity index is 500. The molecule has 5 heteroatoms. The number of carboxylic acids is 1. The Morgan fingerprint density at radius 1 is 1.56 bits per heavy atom.